The fourth-order valence-corrected chi connectivity index (χ4v) is 1.76. The zero-order chi connectivity index (χ0) is 15.4. The normalized spacial score (nSPS) is 10.5. The SMILES string of the molecule is Cn1cnc(CNCc2ccc([N+](=O)[O-])cc2[N+](=O)[O-])n1. The van der Waals surface area contributed by atoms with Crippen LogP contribution in [0, 0.1) is 20.2 Å². The van der Waals surface area contributed by atoms with Crippen molar-refractivity contribution in [3.05, 3.63) is 56.1 Å². The minimum atomic E-state index is -0.665. The van der Waals surface area contributed by atoms with Crippen LogP contribution < -0.4 is 5.32 Å². The number of nitro groups is 2. The second-order valence-corrected chi connectivity index (χ2v) is 4.27. The van der Waals surface area contributed by atoms with Crippen molar-refractivity contribution >= 4 is 11.4 Å². The van der Waals surface area contributed by atoms with Gasteiger partial charge in [0.1, 0.15) is 6.33 Å². The van der Waals surface area contributed by atoms with Crippen LogP contribution in [0.5, 0.6) is 0 Å². The molecule has 1 N–H and O–H groups in total. The molecule has 1 aromatic heterocycles. The third kappa shape index (κ3) is 3.57. The Hall–Kier alpha value is -2.88. The molecule has 0 amide bonds. The molecule has 0 unspecified atom stereocenters. The summed E-state index contributed by atoms with van der Waals surface area (Å²) in [4.78, 5) is 24.3. The van der Waals surface area contributed by atoms with E-state index >= 15 is 0 Å². The molecule has 0 radical (unpaired) electrons. The second-order valence-electron chi connectivity index (χ2n) is 4.27. The first-order valence-electron chi connectivity index (χ1n) is 5.94. The number of aryl methyl sites for hydroxylation is 1. The molecule has 2 rings (SSSR count). The van der Waals surface area contributed by atoms with E-state index in [0.717, 1.165) is 6.07 Å². The van der Waals surface area contributed by atoms with Crippen LogP contribution in [0.1, 0.15) is 11.4 Å². The number of aromatic nitrogens is 3. The van der Waals surface area contributed by atoms with Gasteiger partial charge in [-0.2, -0.15) is 5.10 Å². The Bertz CT molecular complexity index is 683. The predicted octanol–water partition coefficient (Wildman–Crippen LogP) is 0.921. The summed E-state index contributed by atoms with van der Waals surface area (Å²) < 4.78 is 1.55. The third-order valence-electron chi connectivity index (χ3n) is 2.72. The maximum Gasteiger partial charge on any atom is 0.280 e. The number of nitrogens with one attached hydrogen (secondary N) is 1. The summed E-state index contributed by atoms with van der Waals surface area (Å²) in [7, 11) is 1.73. The van der Waals surface area contributed by atoms with Crippen LogP contribution in [-0.4, -0.2) is 24.6 Å². The van der Waals surface area contributed by atoms with Gasteiger partial charge in [0.05, 0.1) is 22.5 Å². The van der Waals surface area contributed by atoms with Gasteiger partial charge in [0, 0.05) is 25.2 Å². The van der Waals surface area contributed by atoms with Crippen molar-refractivity contribution in [1.29, 1.82) is 0 Å². The first-order chi connectivity index (χ1) is 9.97. The van der Waals surface area contributed by atoms with Gasteiger partial charge in [0.15, 0.2) is 5.82 Å². The van der Waals surface area contributed by atoms with E-state index in [-0.39, 0.29) is 17.9 Å². The van der Waals surface area contributed by atoms with Crippen molar-refractivity contribution in [1.82, 2.24) is 20.1 Å². The summed E-state index contributed by atoms with van der Waals surface area (Å²) in [5.74, 6) is 0.557. The summed E-state index contributed by atoms with van der Waals surface area (Å²) in [6.07, 6.45) is 1.55. The average molecular weight is 292 g/mol. The number of hydrogen-bond donors (Lipinski definition) is 1. The van der Waals surface area contributed by atoms with Crippen molar-refractivity contribution in [3.63, 3.8) is 0 Å². The summed E-state index contributed by atoms with van der Waals surface area (Å²) in [5, 5.41) is 28.6. The highest BCUT2D eigenvalue weighted by atomic mass is 16.6. The number of benzene rings is 1. The van der Waals surface area contributed by atoms with Crippen LogP contribution in [-0.2, 0) is 20.1 Å². The van der Waals surface area contributed by atoms with Gasteiger partial charge in [-0.25, -0.2) is 4.98 Å². The number of hydrogen-bond acceptors (Lipinski definition) is 7. The molecule has 2 aromatic rings. The van der Waals surface area contributed by atoms with E-state index in [1.54, 1.807) is 18.1 Å². The van der Waals surface area contributed by atoms with Crippen LogP contribution in [0.25, 0.3) is 0 Å². The Kier molecular flexibility index (Phi) is 4.18. The van der Waals surface area contributed by atoms with Crippen molar-refractivity contribution in [3.8, 4) is 0 Å². The fraction of sp³-hybridized carbons (Fsp3) is 0.273. The van der Waals surface area contributed by atoms with Gasteiger partial charge in [-0.3, -0.25) is 24.9 Å². The van der Waals surface area contributed by atoms with Crippen molar-refractivity contribution in [2.24, 2.45) is 7.05 Å². The molecule has 10 heteroatoms. The number of nitro benzene ring substituents is 2. The number of non-ortho nitro benzene ring substituents is 1. The highest BCUT2D eigenvalue weighted by molar-refractivity contribution is 5.49. The smallest absolute Gasteiger partial charge is 0.280 e. The number of rotatable bonds is 6. The van der Waals surface area contributed by atoms with E-state index in [0.29, 0.717) is 17.9 Å². The summed E-state index contributed by atoms with van der Waals surface area (Å²) in [6, 6.07) is 3.56. The molecule has 0 bridgehead atoms. The topological polar surface area (TPSA) is 129 Å². The average Bonchev–Trinajstić information content (AvgIpc) is 2.84. The predicted molar refractivity (Wildman–Crippen MR) is 71.3 cm³/mol. The van der Waals surface area contributed by atoms with E-state index in [1.165, 1.54) is 12.1 Å². The van der Waals surface area contributed by atoms with Gasteiger partial charge in [0.25, 0.3) is 11.4 Å². The highest BCUT2D eigenvalue weighted by Gasteiger charge is 2.18. The molecule has 0 saturated carbocycles. The molecule has 21 heavy (non-hydrogen) atoms. The van der Waals surface area contributed by atoms with Crippen molar-refractivity contribution in [2.75, 3.05) is 0 Å². The zero-order valence-corrected chi connectivity index (χ0v) is 11.1. The van der Waals surface area contributed by atoms with Gasteiger partial charge in [-0.15, -0.1) is 0 Å². The van der Waals surface area contributed by atoms with Gasteiger partial charge >= 0.3 is 0 Å². The second kappa shape index (κ2) is 6.05. The van der Waals surface area contributed by atoms with Crippen LogP contribution in [0.2, 0.25) is 0 Å². The molecule has 0 aliphatic rings. The van der Waals surface area contributed by atoms with Crippen molar-refractivity contribution < 1.29 is 9.85 Å². The lowest BCUT2D eigenvalue weighted by molar-refractivity contribution is -0.394. The molecule has 0 spiro atoms. The molecule has 1 heterocycles. The Morgan fingerprint density at radius 2 is 2.00 bits per heavy atom. The summed E-state index contributed by atoms with van der Waals surface area (Å²) in [6.45, 7) is 0.529. The third-order valence-corrected chi connectivity index (χ3v) is 2.72. The molecule has 10 nitrogen and oxygen atoms in total. The molecule has 0 fully saturated rings. The first-order valence-corrected chi connectivity index (χ1v) is 5.94. The summed E-state index contributed by atoms with van der Waals surface area (Å²) in [5.41, 5.74) is -0.232. The highest BCUT2D eigenvalue weighted by Crippen LogP contribution is 2.24. The van der Waals surface area contributed by atoms with E-state index in [2.05, 4.69) is 15.4 Å². The van der Waals surface area contributed by atoms with Gasteiger partial charge < -0.3 is 5.32 Å². The van der Waals surface area contributed by atoms with Crippen LogP contribution in [0.15, 0.2) is 24.5 Å². The molecule has 110 valence electrons. The lowest BCUT2D eigenvalue weighted by atomic mass is 10.1. The van der Waals surface area contributed by atoms with Crippen LogP contribution >= 0.6 is 0 Å². The molecular formula is C11H12N6O4. The first kappa shape index (κ1) is 14.5. The zero-order valence-electron chi connectivity index (χ0n) is 11.1. The van der Waals surface area contributed by atoms with Gasteiger partial charge in [-0.05, 0) is 6.07 Å². The monoisotopic (exact) mass is 292 g/mol. The molecule has 0 saturated heterocycles. The Morgan fingerprint density at radius 1 is 1.24 bits per heavy atom. The van der Waals surface area contributed by atoms with Crippen LogP contribution in [0.4, 0.5) is 11.4 Å². The molecule has 1 aromatic carbocycles. The molecule has 0 aliphatic heterocycles. The molecule has 0 atom stereocenters. The Morgan fingerprint density at radius 3 is 2.57 bits per heavy atom. The standard InChI is InChI=1S/C11H12N6O4/c1-15-7-13-11(14-15)6-12-5-8-2-3-9(16(18)19)4-10(8)17(20)21/h2-4,7,12H,5-6H2,1H3. The van der Waals surface area contributed by atoms with E-state index in [4.69, 9.17) is 0 Å². The quantitative estimate of drug-likeness (QED) is 0.619. The summed E-state index contributed by atoms with van der Waals surface area (Å²) >= 11 is 0. The van der Waals surface area contributed by atoms with E-state index in [9.17, 15) is 20.2 Å². The molecule has 0 aliphatic carbocycles. The van der Waals surface area contributed by atoms with E-state index < -0.39 is 9.85 Å². The Balaban J connectivity index is 2.08. The van der Waals surface area contributed by atoms with E-state index in [1.807, 2.05) is 0 Å². The Labute approximate surface area is 118 Å². The van der Waals surface area contributed by atoms with Crippen molar-refractivity contribution in [2.45, 2.75) is 13.1 Å². The maximum atomic E-state index is 11.0. The lowest BCUT2D eigenvalue weighted by Gasteiger charge is -2.04. The maximum absolute atomic E-state index is 11.0. The lowest BCUT2D eigenvalue weighted by Crippen LogP contribution is -2.15. The minimum Gasteiger partial charge on any atom is -0.305 e. The largest absolute Gasteiger partial charge is 0.305 e. The van der Waals surface area contributed by atoms with Gasteiger partial charge in [-0.1, -0.05) is 0 Å². The van der Waals surface area contributed by atoms with Gasteiger partial charge in [0.2, 0.25) is 0 Å². The van der Waals surface area contributed by atoms with Crippen LogP contribution in [0.3, 0.4) is 0 Å². The fourth-order valence-electron chi connectivity index (χ4n) is 1.76. The minimum absolute atomic E-state index is 0.187. The number of nitrogens with zero attached hydrogens (tertiary/aromatic N) is 5. The molecular weight excluding hydrogens is 280 g/mol.